The Labute approximate surface area is 128 Å². The van der Waals surface area contributed by atoms with Crippen LogP contribution in [-0.2, 0) is 14.3 Å². The second kappa shape index (κ2) is 8.11. The van der Waals surface area contributed by atoms with Gasteiger partial charge >= 0.3 is 18.0 Å². The van der Waals surface area contributed by atoms with Crippen LogP contribution in [0.15, 0.2) is 0 Å². The molecule has 120 valence electrons. The number of thioether (sulfide) groups is 1. The second-order valence-electron chi connectivity index (χ2n) is 5.23. The normalized spacial score (nSPS) is 22.4. The number of methoxy groups -OCH3 is 1. The van der Waals surface area contributed by atoms with E-state index < -0.39 is 24.0 Å². The van der Waals surface area contributed by atoms with E-state index in [9.17, 15) is 14.4 Å². The van der Waals surface area contributed by atoms with Crippen molar-refractivity contribution in [3.63, 3.8) is 0 Å². The van der Waals surface area contributed by atoms with Crippen LogP contribution in [0.25, 0.3) is 0 Å². The molecule has 0 spiro atoms. The third kappa shape index (κ3) is 6.24. The van der Waals surface area contributed by atoms with Gasteiger partial charge in [0.15, 0.2) is 0 Å². The topological polar surface area (TPSA) is 105 Å². The van der Waals surface area contributed by atoms with Crippen LogP contribution in [0, 0.1) is 0 Å². The molecule has 0 radical (unpaired) electrons. The third-order valence-corrected chi connectivity index (χ3v) is 4.93. The zero-order valence-electron chi connectivity index (χ0n) is 12.3. The Morgan fingerprint density at radius 1 is 1.43 bits per heavy atom. The molecular weight excluding hydrogens is 296 g/mol. The van der Waals surface area contributed by atoms with E-state index in [1.165, 1.54) is 7.11 Å². The lowest BCUT2D eigenvalue weighted by Crippen LogP contribution is -2.48. The molecule has 3 N–H and O–H groups in total. The minimum Gasteiger partial charge on any atom is -0.480 e. The van der Waals surface area contributed by atoms with Gasteiger partial charge in [0, 0.05) is 17.7 Å². The monoisotopic (exact) mass is 318 g/mol. The van der Waals surface area contributed by atoms with Gasteiger partial charge in [0.25, 0.3) is 0 Å². The third-order valence-electron chi connectivity index (χ3n) is 3.39. The molecule has 1 fully saturated rings. The van der Waals surface area contributed by atoms with E-state index >= 15 is 0 Å². The van der Waals surface area contributed by atoms with Crippen LogP contribution in [0.5, 0.6) is 0 Å². The van der Waals surface area contributed by atoms with Crippen LogP contribution in [0.4, 0.5) is 4.79 Å². The number of carboxylic acids is 1. The first-order valence-electron chi connectivity index (χ1n) is 6.84. The lowest BCUT2D eigenvalue weighted by molar-refractivity contribution is -0.142. The Bertz CT molecular complexity index is 396. The van der Waals surface area contributed by atoms with Crippen molar-refractivity contribution in [1.82, 2.24) is 10.6 Å². The predicted molar refractivity (Wildman–Crippen MR) is 79.3 cm³/mol. The molecule has 1 saturated heterocycles. The van der Waals surface area contributed by atoms with Crippen molar-refractivity contribution in [2.24, 2.45) is 0 Å². The first-order valence-corrected chi connectivity index (χ1v) is 7.83. The highest BCUT2D eigenvalue weighted by Gasteiger charge is 2.30. The van der Waals surface area contributed by atoms with Gasteiger partial charge in [-0.05, 0) is 31.9 Å². The van der Waals surface area contributed by atoms with Crippen molar-refractivity contribution >= 4 is 29.7 Å². The summed E-state index contributed by atoms with van der Waals surface area (Å²) < 4.78 is 4.47. The Morgan fingerprint density at radius 3 is 2.67 bits per heavy atom. The van der Waals surface area contributed by atoms with E-state index in [1.54, 1.807) is 0 Å². The summed E-state index contributed by atoms with van der Waals surface area (Å²) in [7, 11) is 1.23. The Hall–Kier alpha value is -1.44. The van der Waals surface area contributed by atoms with E-state index in [-0.39, 0.29) is 17.6 Å². The van der Waals surface area contributed by atoms with Crippen LogP contribution >= 0.6 is 11.8 Å². The Balaban J connectivity index is 2.37. The van der Waals surface area contributed by atoms with Crippen LogP contribution in [0.3, 0.4) is 0 Å². The van der Waals surface area contributed by atoms with Gasteiger partial charge in [-0.15, -0.1) is 0 Å². The van der Waals surface area contributed by atoms with E-state index in [1.807, 2.05) is 11.8 Å². The van der Waals surface area contributed by atoms with Crippen molar-refractivity contribution < 1.29 is 24.2 Å². The fourth-order valence-corrected chi connectivity index (χ4v) is 3.32. The number of ether oxygens (including phenoxy) is 1. The van der Waals surface area contributed by atoms with Gasteiger partial charge in [-0.25, -0.2) is 9.59 Å². The number of nitrogens with one attached hydrogen (secondary N) is 2. The Morgan fingerprint density at radius 2 is 2.14 bits per heavy atom. The summed E-state index contributed by atoms with van der Waals surface area (Å²) in [5.74, 6) is -0.592. The maximum absolute atomic E-state index is 11.8. The van der Waals surface area contributed by atoms with Crippen molar-refractivity contribution in [1.29, 1.82) is 0 Å². The van der Waals surface area contributed by atoms with Gasteiger partial charge in [0.1, 0.15) is 6.04 Å². The van der Waals surface area contributed by atoms with Crippen LogP contribution in [0.1, 0.15) is 32.6 Å². The summed E-state index contributed by atoms with van der Waals surface area (Å²) in [5, 5.41) is 14.1. The molecule has 1 aliphatic rings. The fraction of sp³-hybridized carbons (Fsp3) is 0.769. The molecule has 0 aromatic heterocycles. The molecule has 2 amide bonds. The van der Waals surface area contributed by atoms with Gasteiger partial charge in [0.05, 0.1) is 7.11 Å². The number of amides is 2. The Kier molecular flexibility index (Phi) is 6.80. The van der Waals surface area contributed by atoms with E-state index in [2.05, 4.69) is 22.3 Å². The molecular formula is C13H22N2O5S. The SMILES string of the molecule is COC(=O)CC[C@@H](NC(=O)NCC1(C)CCCS1)C(=O)O. The maximum atomic E-state index is 11.8. The van der Waals surface area contributed by atoms with Crippen LogP contribution < -0.4 is 10.6 Å². The molecule has 0 saturated carbocycles. The number of hydrogen-bond acceptors (Lipinski definition) is 5. The molecule has 0 aromatic rings. The summed E-state index contributed by atoms with van der Waals surface area (Å²) >= 11 is 1.81. The minimum atomic E-state index is -1.17. The van der Waals surface area contributed by atoms with E-state index in [0.29, 0.717) is 6.54 Å². The number of carbonyl (C=O) groups is 3. The highest BCUT2D eigenvalue weighted by atomic mass is 32.2. The van der Waals surface area contributed by atoms with Gasteiger partial charge in [0.2, 0.25) is 0 Å². The zero-order chi connectivity index (χ0) is 15.9. The molecule has 0 bridgehead atoms. The second-order valence-corrected chi connectivity index (χ2v) is 6.92. The number of carbonyl (C=O) groups excluding carboxylic acids is 2. The van der Waals surface area contributed by atoms with Gasteiger partial charge in [-0.3, -0.25) is 4.79 Å². The summed E-state index contributed by atoms with van der Waals surface area (Å²) in [6.07, 6.45) is 2.10. The molecule has 2 atom stereocenters. The summed E-state index contributed by atoms with van der Waals surface area (Å²) in [4.78, 5) is 33.8. The largest absolute Gasteiger partial charge is 0.480 e. The zero-order valence-corrected chi connectivity index (χ0v) is 13.1. The van der Waals surface area contributed by atoms with Crippen LogP contribution in [-0.4, -0.2) is 53.3 Å². The number of esters is 1. The summed E-state index contributed by atoms with van der Waals surface area (Å²) in [6.45, 7) is 2.57. The average Bonchev–Trinajstić information content (AvgIpc) is 2.87. The number of hydrogen-bond donors (Lipinski definition) is 3. The van der Waals surface area contributed by atoms with Gasteiger partial charge in [-0.2, -0.15) is 11.8 Å². The lowest BCUT2D eigenvalue weighted by atomic mass is 10.1. The standard InChI is InChI=1S/C13H22N2O5S/c1-13(6-3-7-21-13)8-14-12(19)15-9(11(17)18)4-5-10(16)20-2/h9H,3-8H2,1-2H3,(H,17,18)(H2,14,15,19)/t9-,13?/m1/s1. The first kappa shape index (κ1) is 17.6. The van der Waals surface area contributed by atoms with Crippen molar-refractivity contribution in [2.75, 3.05) is 19.4 Å². The first-order chi connectivity index (χ1) is 9.86. The number of rotatable bonds is 7. The number of urea groups is 1. The van der Waals surface area contributed by atoms with Gasteiger partial charge < -0.3 is 20.5 Å². The van der Waals surface area contributed by atoms with E-state index in [0.717, 1.165) is 18.6 Å². The molecule has 1 rings (SSSR count). The summed E-state index contributed by atoms with van der Waals surface area (Å²) in [6, 6.07) is -1.63. The quantitative estimate of drug-likeness (QED) is 0.604. The van der Waals surface area contributed by atoms with Crippen molar-refractivity contribution in [3.8, 4) is 0 Å². The molecule has 1 heterocycles. The number of carboxylic acid groups (broad SMARTS) is 1. The van der Waals surface area contributed by atoms with Gasteiger partial charge in [-0.1, -0.05) is 0 Å². The molecule has 1 aliphatic heterocycles. The molecule has 8 heteroatoms. The smallest absolute Gasteiger partial charge is 0.326 e. The van der Waals surface area contributed by atoms with Crippen LogP contribution in [0.2, 0.25) is 0 Å². The van der Waals surface area contributed by atoms with E-state index in [4.69, 9.17) is 5.11 Å². The summed E-state index contributed by atoms with van der Waals surface area (Å²) in [5.41, 5.74) is 0. The molecule has 21 heavy (non-hydrogen) atoms. The fourth-order valence-electron chi connectivity index (χ4n) is 2.07. The number of aliphatic carboxylic acids is 1. The highest BCUT2D eigenvalue weighted by Crippen LogP contribution is 2.36. The van der Waals surface area contributed by atoms with Crippen molar-refractivity contribution in [3.05, 3.63) is 0 Å². The average molecular weight is 318 g/mol. The van der Waals surface area contributed by atoms with Crippen molar-refractivity contribution in [2.45, 2.75) is 43.4 Å². The molecule has 0 aliphatic carbocycles. The molecule has 0 aromatic carbocycles. The lowest BCUT2D eigenvalue weighted by Gasteiger charge is -2.23. The minimum absolute atomic E-state index is 0.00143. The highest BCUT2D eigenvalue weighted by molar-refractivity contribution is 8.00. The predicted octanol–water partition coefficient (Wildman–Crippen LogP) is 0.978. The molecule has 7 nitrogen and oxygen atoms in total. The maximum Gasteiger partial charge on any atom is 0.326 e. The molecule has 1 unspecified atom stereocenters.